The van der Waals surface area contributed by atoms with Crippen LogP contribution in [0, 0.1) is 0 Å². The Kier molecular flexibility index (Phi) is 3.69. The molecule has 3 rings (SSSR count). The van der Waals surface area contributed by atoms with E-state index < -0.39 is 0 Å². The van der Waals surface area contributed by atoms with Crippen LogP contribution in [0.25, 0.3) is 11.5 Å². The second-order valence-corrected chi connectivity index (χ2v) is 5.29. The van der Waals surface area contributed by atoms with Crippen LogP contribution in [0.4, 0.5) is 0 Å². The lowest BCUT2D eigenvalue weighted by Crippen LogP contribution is -2.25. The quantitative estimate of drug-likeness (QED) is 0.930. The van der Waals surface area contributed by atoms with Gasteiger partial charge in [0.25, 0.3) is 0 Å². The van der Waals surface area contributed by atoms with Crippen LogP contribution in [0.5, 0.6) is 5.75 Å². The lowest BCUT2D eigenvalue weighted by Gasteiger charge is -2.23. The summed E-state index contributed by atoms with van der Waals surface area (Å²) in [5.74, 6) is 2.48. The first-order valence-electron chi connectivity index (χ1n) is 6.99. The van der Waals surface area contributed by atoms with E-state index in [4.69, 9.17) is 14.9 Å². The van der Waals surface area contributed by atoms with Crippen LogP contribution in [0.3, 0.4) is 0 Å². The maximum Gasteiger partial charge on any atom is 0.247 e. The van der Waals surface area contributed by atoms with E-state index in [1.54, 1.807) is 7.11 Å². The smallest absolute Gasteiger partial charge is 0.247 e. The van der Waals surface area contributed by atoms with Gasteiger partial charge in [-0.05, 0) is 49.9 Å². The fourth-order valence-corrected chi connectivity index (χ4v) is 2.62. The number of nitrogens with zero attached hydrogens (tertiary/aromatic N) is 2. The Morgan fingerprint density at radius 1 is 1.10 bits per heavy atom. The molecule has 106 valence electrons. The number of hydrogen-bond donors (Lipinski definition) is 1. The lowest BCUT2D eigenvalue weighted by atomic mass is 9.86. The molecule has 1 saturated carbocycles. The Morgan fingerprint density at radius 3 is 2.45 bits per heavy atom. The van der Waals surface area contributed by atoms with Gasteiger partial charge in [0.15, 0.2) is 0 Å². The highest BCUT2D eigenvalue weighted by Crippen LogP contribution is 2.32. The van der Waals surface area contributed by atoms with Gasteiger partial charge >= 0.3 is 0 Å². The minimum absolute atomic E-state index is 0.329. The zero-order chi connectivity index (χ0) is 13.9. The van der Waals surface area contributed by atoms with Gasteiger partial charge < -0.3 is 14.9 Å². The first-order valence-corrected chi connectivity index (χ1v) is 6.99. The minimum atomic E-state index is 0.329. The van der Waals surface area contributed by atoms with Crippen LogP contribution in [0.1, 0.15) is 37.5 Å². The maximum absolute atomic E-state index is 5.92. The zero-order valence-corrected chi connectivity index (χ0v) is 11.6. The van der Waals surface area contributed by atoms with Crippen molar-refractivity contribution < 1.29 is 9.15 Å². The van der Waals surface area contributed by atoms with E-state index in [1.165, 1.54) is 0 Å². The summed E-state index contributed by atoms with van der Waals surface area (Å²) in [6.45, 7) is 0. The fourth-order valence-electron chi connectivity index (χ4n) is 2.62. The van der Waals surface area contributed by atoms with Crippen molar-refractivity contribution in [2.24, 2.45) is 5.73 Å². The normalized spacial score (nSPS) is 22.7. The SMILES string of the molecule is COc1ccc(-c2nnc(C3CCC(N)CC3)o2)cc1. The molecule has 1 heterocycles. The third-order valence-electron chi connectivity index (χ3n) is 3.90. The van der Waals surface area contributed by atoms with Crippen molar-refractivity contribution in [1.82, 2.24) is 10.2 Å². The van der Waals surface area contributed by atoms with E-state index in [0.717, 1.165) is 42.9 Å². The van der Waals surface area contributed by atoms with Gasteiger partial charge in [-0.25, -0.2) is 0 Å². The van der Waals surface area contributed by atoms with E-state index in [9.17, 15) is 0 Å². The van der Waals surface area contributed by atoms with E-state index in [-0.39, 0.29) is 0 Å². The van der Waals surface area contributed by atoms with Crippen molar-refractivity contribution in [3.63, 3.8) is 0 Å². The molecule has 1 fully saturated rings. The molecule has 0 unspecified atom stereocenters. The summed E-state index contributed by atoms with van der Waals surface area (Å²) >= 11 is 0. The molecule has 0 amide bonds. The number of aromatic nitrogens is 2. The molecule has 20 heavy (non-hydrogen) atoms. The first-order chi connectivity index (χ1) is 9.76. The van der Waals surface area contributed by atoms with Gasteiger partial charge in [0.05, 0.1) is 7.11 Å². The van der Waals surface area contributed by atoms with Crippen LogP contribution >= 0.6 is 0 Å². The maximum atomic E-state index is 5.92. The summed E-state index contributed by atoms with van der Waals surface area (Å²) in [6, 6.07) is 7.95. The van der Waals surface area contributed by atoms with Crippen molar-refractivity contribution in [2.45, 2.75) is 37.6 Å². The third-order valence-corrected chi connectivity index (χ3v) is 3.90. The van der Waals surface area contributed by atoms with Gasteiger partial charge in [-0.1, -0.05) is 0 Å². The van der Waals surface area contributed by atoms with E-state index in [2.05, 4.69) is 10.2 Å². The Bertz CT molecular complexity index is 557. The van der Waals surface area contributed by atoms with Crippen molar-refractivity contribution in [1.29, 1.82) is 0 Å². The van der Waals surface area contributed by atoms with Gasteiger partial charge in [-0.2, -0.15) is 0 Å². The predicted molar refractivity (Wildman–Crippen MR) is 75.5 cm³/mol. The molecule has 0 saturated heterocycles. The van der Waals surface area contributed by atoms with Crippen molar-refractivity contribution >= 4 is 0 Å². The van der Waals surface area contributed by atoms with Crippen molar-refractivity contribution in [3.8, 4) is 17.2 Å². The molecule has 2 N–H and O–H groups in total. The minimum Gasteiger partial charge on any atom is -0.497 e. The van der Waals surface area contributed by atoms with Crippen LogP contribution in [0.2, 0.25) is 0 Å². The van der Waals surface area contributed by atoms with Gasteiger partial charge in [0.2, 0.25) is 11.8 Å². The monoisotopic (exact) mass is 273 g/mol. The Hall–Kier alpha value is -1.88. The number of methoxy groups -OCH3 is 1. The third kappa shape index (κ3) is 2.67. The molecule has 1 aromatic heterocycles. The van der Waals surface area contributed by atoms with Gasteiger partial charge in [-0.3, -0.25) is 0 Å². The Balaban J connectivity index is 1.75. The second-order valence-electron chi connectivity index (χ2n) is 5.29. The molecule has 0 radical (unpaired) electrons. The summed E-state index contributed by atoms with van der Waals surface area (Å²) in [5.41, 5.74) is 6.83. The number of ether oxygens (including phenoxy) is 1. The van der Waals surface area contributed by atoms with E-state index in [0.29, 0.717) is 17.9 Å². The molecule has 0 atom stereocenters. The van der Waals surface area contributed by atoms with Crippen LogP contribution in [-0.2, 0) is 0 Å². The molecule has 0 bridgehead atoms. The fraction of sp³-hybridized carbons (Fsp3) is 0.467. The average molecular weight is 273 g/mol. The van der Waals surface area contributed by atoms with E-state index >= 15 is 0 Å². The number of benzene rings is 1. The standard InChI is InChI=1S/C15H19N3O2/c1-19-13-8-4-11(5-9-13)15-18-17-14(20-15)10-2-6-12(16)7-3-10/h4-5,8-10,12H,2-3,6-7,16H2,1H3. The molecular weight excluding hydrogens is 254 g/mol. The summed E-state index contributed by atoms with van der Waals surface area (Å²) in [4.78, 5) is 0. The van der Waals surface area contributed by atoms with Gasteiger partial charge in [0, 0.05) is 17.5 Å². The molecule has 2 aromatic rings. The van der Waals surface area contributed by atoms with E-state index in [1.807, 2.05) is 24.3 Å². The van der Waals surface area contributed by atoms with Gasteiger partial charge in [-0.15, -0.1) is 10.2 Å². The van der Waals surface area contributed by atoms with Crippen LogP contribution in [-0.4, -0.2) is 23.3 Å². The molecular formula is C15H19N3O2. The Morgan fingerprint density at radius 2 is 1.80 bits per heavy atom. The summed E-state index contributed by atoms with van der Waals surface area (Å²) in [5, 5.41) is 8.34. The number of nitrogens with two attached hydrogens (primary N) is 1. The summed E-state index contributed by atoms with van der Waals surface area (Å²) in [7, 11) is 1.65. The zero-order valence-electron chi connectivity index (χ0n) is 11.6. The van der Waals surface area contributed by atoms with Crippen molar-refractivity contribution in [2.75, 3.05) is 7.11 Å². The predicted octanol–water partition coefficient (Wildman–Crippen LogP) is 2.73. The van der Waals surface area contributed by atoms with Crippen LogP contribution in [0.15, 0.2) is 28.7 Å². The number of rotatable bonds is 3. The largest absolute Gasteiger partial charge is 0.497 e. The molecule has 1 aliphatic carbocycles. The molecule has 1 aliphatic rings. The molecule has 0 spiro atoms. The highest BCUT2D eigenvalue weighted by Gasteiger charge is 2.24. The first kappa shape index (κ1) is 13.1. The molecule has 5 nitrogen and oxygen atoms in total. The molecule has 5 heteroatoms. The van der Waals surface area contributed by atoms with Crippen molar-refractivity contribution in [3.05, 3.63) is 30.2 Å². The molecule has 0 aliphatic heterocycles. The van der Waals surface area contributed by atoms with Crippen LogP contribution < -0.4 is 10.5 Å². The number of hydrogen-bond acceptors (Lipinski definition) is 5. The lowest BCUT2D eigenvalue weighted by molar-refractivity contribution is 0.341. The second kappa shape index (κ2) is 5.63. The molecule has 1 aromatic carbocycles. The highest BCUT2D eigenvalue weighted by atomic mass is 16.5. The average Bonchev–Trinajstić information content (AvgIpc) is 2.98. The summed E-state index contributed by atoms with van der Waals surface area (Å²) < 4.78 is 11.0. The Labute approximate surface area is 118 Å². The van der Waals surface area contributed by atoms with Gasteiger partial charge in [0.1, 0.15) is 5.75 Å². The summed E-state index contributed by atoms with van der Waals surface area (Å²) in [6.07, 6.45) is 4.13. The topological polar surface area (TPSA) is 74.2 Å². The highest BCUT2D eigenvalue weighted by molar-refractivity contribution is 5.53.